The van der Waals surface area contributed by atoms with Gasteiger partial charge in [-0.05, 0) is 24.1 Å². The fourth-order valence-corrected chi connectivity index (χ4v) is 3.96. The summed E-state index contributed by atoms with van der Waals surface area (Å²) >= 11 is 0. The fraction of sp³-hybridized carbons (Fsp3) is 0.333. The summed E-state index contributed by atoms with van der Waals surface area (Å²) in [5.74, 6) is 1.78. The minimum Gasteiger partial charge on any atom is -0.495 e. The molecule has 0 radical (unpaired) electrons. The van der Waals surface area contributed by atoms with Gasteiger partial charge in [0.05, 0.1) is 12.8 Å². The number of hydrogen-bond acceptors (Lipinski definition) is 6. The molecule has 2 aromatic carbocycles. The Balaban J connectivity index is 1.71. The zero-order valence-electron chi connectivity index (χ0n) is 18.6. The van der Waals surface area contributed by atoms with Crippen molar-refractivity contribution < 1.29 is 9.53 Å². The summed E-state index contributed by atoms with van der Waals surface area (Å²) in [6.45, 7) is 3.89. The van der Waals surface area contributed by atoms with Crippen LogP contribution in [0, 0.1) is 0 Å². The third kappa shape index (κ3) is 4.55. The number of carbonyl (C=O) groups is 1. The van der Waals surface area contributed by atoms with Gasteiger partial charge in [-0.25, -0.2) is 0 Å². The number of anilines is 2. The zero-order chi connectivity index (χ0) is 22.3. The third-order valence-corrected chi connectivity index (χ3v) is 5.58. The Morgan fingerprint density at radius 2 is 1.81 bits per heavy atom. The van der Waals surface area contributed by atoms with Crippen molar-refractivity contribution in [2.45, 2.75) is 6.42 Å². The maximum absolute atomic E-state index is 13.4. The van der Waals surface area contributed by atoms with Crippen LogP contribution in [0.5, 0.6) is 5.75 Å². The average molecular weight is 435 g/mol. The molecule has 1 fully saturated rings. The molecule has 2 heterocycles. The highest BCUT2D eigenvalue weighted by Crippen LogP contribution is 2.33. The van der Waals surface area contributed by atoms with Gasteiger partial charge >= 0.3 is 0 Å². The molecular formula is C24H30N6O2. The van der Waals surface area contributed by atoms with Crippen LogP contribution in [0.4, 0.5) is 11.8 Å². The smallest absolute Gasteiger partial charge is 0.272 e. The second-order valence-corrected chi connectivity index (χ2v) is 7.59. The van der Waals surface area contributed by atoms with Gasteiger partial charge in [0.25, 0.3) is 5.91 Å². The number of carbonyl (C=O) groups excluding carboxylic acids is 1. The molecular weight excluding hydrogens is 404 g/mol. The molecule has 4 rings (SSSR count). The number of benzene rings is 2. The topological polar surface area (TPSA) is 83.5 Å². The zero-order valence-corrected chi connectivity index (χ0v) is 18.6. The van der Waals surface area contributed by atoms with E-state index in [0.29, 0.717) is 23.8 Å². The lowest BCUT2D eigenvalue weighted by molar-refractivity contribution is 0.0948. The van der Waals surface area contributed by atoms with E-state index in [1.165, 1.54) is 5.56 Å². The highest BCUT2D eigenvalue weighted by Gasteiger charge is 2.28. The minimum atomic E-state index is -0.176. The number of hydrogen-bond donors (Lipinski definition) is 3. The summed E-state index contributed by atoms with van der Waals surface area (Å²) in [4.78, 5) is 20.4. The molecule has 1 amide bonds. The van der Waals surface area contributed by atoms with Crippen LogP contribution in [-0.4, -0.2) is 62.3 Å². The van der Waals surface area contributed by atoms with Gasteiger partial charge in [-0.3, -0.25) is 9.36 Å². The first-order chi connectivity index (χ1) is 15.7. The van der Waals surface area contributed by atoms with E-state index in [2.05, 4.69) is 33.0 Å². The molecule has 32 heavy (non-hydrogen) atoms. The van der Waals surface area contributed by atoms with Crippen molar-refractivity contribution in [1.82, 2.24) is 20.2 Å². The third-order valence-electron chi connectivity index (χ3n) is 5.58. The molecule has 168 valence electrons. The van der Waals surface area contributed by atoms with Crippen molar-refractivity contribution in [1.29, 1.82) is 0 Å². The number of piperazine rings is 1. The van der Waals surface area contributed by atoms with Crippen LogP contribution in [0.2, 0.25) is 0 Å². The summed E-state index contributed by atoms with van der Waals surface area (Å²) in [7, 11) is 3.43. The number of methoxy groups -OCH3 is 1. The van der Waals surface area contributed by atoms with Crippen LogP contribution in [0.25, 0.3) is 5.69 Å². The van der Waals surface area contributed by atoms with Gasteiger partial charge in [0.2, 0.25) is 5.95 Å². The standard InChI is InChI=1S/C24H30N6O2/c1-25-22-21(23(31)27-13-12-18-8-4-3-5-9-18)30(19-10-6-7-11-20(19)32-2)24(28-22)29-16-14-26-15-17-29/h3-11,25-26H,12-17H2,1-2H3,(H,27,31). The van der Waals surface area contributed by atoms with E-state index >= 15 is 0 Å². The molecule has 8 heteroatoms. The predicted octanol–water partition coefficient (Wildman–Crippen LogP) is 2.30. The number of amides is 1. The van der Waals surface area contributed by atoms with Crippen LogP contribution >= 0.6 is 0 Å². The summed E-state index contributed by atoms with van der Waals surface area (Å²) in [6, 6.07) is 17.8. The van der Waals surface area contributed by atoms with E-state index in [1.54, 1.807) is 14.2 Å². The van der Waals surface area contributed by atoms with E-state index in [0.717, 1.165) is 44.2 Å². The number of nitrogens with zero attached hydrogens (tertiary/aromatic N) is 3. The molecule has 0 spiro atoms. The Hall–Kier alpha value is -3.52. The number of nitrogens with one attached hydrogen (secondary N) is 3. The Morgan fingerprint density at radius 1 is 1.09 bits per heavy atom. The number of ether oxygens (including phenoxy) is 1. The van der Waals surface area contributed by atoms with E-state index < -0.39 is 0 Å². The van der Waals surface area contributed by atoms with Gasteiger partial charge in [0.1, 0.15) is 5.75 Å². The number of aromatic nitrogens is 2. The van der Waals surface area contributed by atoms with Gasteiger partial charge in [0.15, 0.2) is 11.5 Å². The van der Waals surface area contributed by atoms with Gasteiger partial charge in [-0.15, -0.1) is 0 Å². The van der Waals surface area contributed by atoms with Gasteiger partial charge in [0, 0.05) is 39.8 Å². The molecule has 3 aromatic rings. The normalized spacial score (nSPS) is 13.6. The van der Waals surface area contributed by atoms with Gasteiger partial charge < -0.3 is 25.6 Å². The van der Waals surface area contributed by atoms with Crippen LogP contribution in [-0.2, 0) is 6.42 Å². The molecule has 0 bridgehead atoms. The molecule has 0 saturated carbocycles. The largest absolute Gasteiger partial charge is 0.495 e. The maximum atomic E-state index is 13.4. The first kappa shape index (κ1) is 21.7. The minimum absolute atomic E-state index is 0.176. The highest BCUT2D eigenvalue weighted by molar-refractivity contribution is 5.99. The highest BCUT2D eigenvalue weighted by atomic mass is 16.5. The Kier molecular flexibility index (Phi) is 6.91. The van der Waals surface area contributed by atoms with Crippen molar-refractivity contribution in [2.24, 2.45) is 0 Å². The van der Waals surface area contributed by atoms with Crippen LogP contribution in [0.3, 0.4) is 0 Å². The van der Waals surface area contributed by atoms with E-state index in [9.17, 15) is 4.79 Å². The van der Waals surface area contributed by atoms with E-state index in [-0.39, 0.29) is 5.91 Å². The number of rotatable bonds is 8. The Morgan fingerprint density at radius 3 is 2.53 bits per heavy atom. The average Bonchev–Trinajstić information content (AvgIpc) is 3.25. The number of para-hydroxylation sites is 2. The van der Waals surface area contributed by atoms with E-state index in [4.69, 9.17) is 9.72 Å². The van der Waals surface area contributed by atoms with Crippen molar-refractivity contribution in [2.75, 3.05) is 57.1 Å². The van der Waals surface area contributed by atoms with Crippen LogP contribution < -0.4 is 25.6 Å². The summed E-state index contributed by atoms with van der Waals surface area (Å²) in [5.41, 5.74) is 2.44. The molecule has 1 aliphatic rings. The van der Waals surface area contributed by atoms with Crippen molar-refractivity contribution in [3.8, 4) is 11.4 Å². The van der Waals surface area contributed by atoms with Crippen LogP contribution in [0.15, 0.2) is 54.6 Å². The monoisotopic (exact) mass is 434 g/mol. The molecule has 1 saturated heterocycles. The predicted molar refractivity (Wildman–Crippen MR) is 127 cm³/mol. The second-order valence-electron chi connectivity index (χ2n) is 7.59. The summed E-state index contributed by atoms with van der Waals surface area (Å²) in [6.07, 6.45) is 0.759. The molecule has 0 unspecified atom stereocenters. The van der Waals surface area contributed by atoms with Crippen LogP contribution in [0.1, 0.15) is 16.1 Å². The molecule has 1 aromatic heterocycles. The van der Waals surface area contributed by atoms with Gasteiger partial charge in [-0.1, -0.05) is 42.5 Å². The fourth-order valence-electron chi connectivity index (χ4n) is 3.96. The lowest BCUT2D eigenvalue weighted by Crippen LogP contribution is -2.44. The van der Waals surface area contributed by atoms with E-state index in [1.807, 2.05) is 47.0 Å². The SMILES string of the molecule is CNc1nc(N2CCNCC2)n(-c2ccccc2OC)c1C(=O)NCCc1ccccc1. The van der Waals surface area contributed by atoms with Gasteiger partial charge in [-0.2, -0.15) is 4.98 Å². The number of imidazole rings is 1. The quantitative estimate of drug-likeness (QED) is 0.505. The lowest BCUT2D eigenvalue weighted by atomic mass is 10.1. The van der Waals surface area contributed by atoms with Crippen molar-refractivity contribution >= 4 is 17.7 Å². The Labute approximate surface area is 188 Å². The first-order valence-electron chi connectivity index (χ1n) is 10.9. The Bertz CT molecular complexity index is 1040. The summed E-state index contributed by atoms with van der Waals surface area (Å²) < 4.78 is 7.54. The molecule has 0 atom stereocenters. The first-order valence-corrected chi connectivity index (χ1v) is 10.9. The summed E-state index contributed by atoms with van der Waals surface area (Å²) in [5, 5.41) is 9.56. The molecule has 0 aliphatic carbocycles. The second kappa shape index (κ2) is 10.2. The lowest BCUT2D eigenvalue weighted by Gasteiger charge is -2.29. The molecule has 3 N–H and O–H groups in total. The van der Waals surface area contributed by atoms with Crippen molar-refractivity contribution in [3.05, 3.63) is 65.9 Å². The maximum Gasteiger partial charge on any atom is 0.272 e. The molecule has 1 aliphatic heterocycles. The van der Waals surface area contributed by atoms with Crippen molar-refractivity contribution in [3.63, 3.8) is 0 Å². The molecule has 8 nitrogen and oxygen atoms in total.